The molecule has 0 atom stereocenters. The van der Waals surface area contributed by atoms with Crippen molar-refractivity contribution in [2.45, 2.75) is 25.0 Å². The number of thioether (sulfide) groups is 1. The van der Waals surface area contributed by atoms with Crippen LogP contribution in [0.25, 0.3) is 16.6 Å². The standard InChI is InChI=1S/C26H25N3O3S/c1-18(2)28(19-9-5-4-6-10-19)24(30)17-33-26-27-23-12-8-7-11-22(23)25(31)29(26)20-13-15-21(32-3)16-14-20/h4-16,18H,17H2,1-3H3. The van der Waals surface area contributed by atoms with E-state index in [0.29, 0.717) is 27.5 Å². The summed E-state index contributed by atoms with van der Waals surface area (Å²) >= 11 is 1.26. The molecule has 0 saturated carbocycles. The number of ether oxygens (including phenoxy) is 1. The first-order valence-electron chi connectivity index (χ1n) is 10.7. The van der Waals surface area contributed by atoms with Crippen molar-refractivity contribution in [2.24, 2.45) is 0 Å². The Hall–Kier alpha value is -3.58. The van der Waals surface area contributed by atoms with E-state index in [0.717, 1.165) is 5.69 Å². The van der Waals surface area contributed by atoms with Crippen molar-refractivity contribution in [2.75, 3.05) is 17.8 Å². The van der Waals surface area contributed by atoms with Gasteiger partial charge in [0.1, 0.15) is 5.75 Å². The number of hydrogen-bond acceptors (Lipinski definition) is 5. The molecule has 0 aliphatic heterocycles. The van der Waals surface area contributed by atoms with Gasteiger partial charge in [-0.15, -0.1) is 0 Å². The van der Waals surface area contributed by atoms with E-state index >= 15 is 0 Å². The maximum atomic E-state index is 13.4. The van der Waals surface area contributed by atoms with Gasteiger partial charge in [-0.25, -0.2) is 4.98 Å². The third-order valence-corrected chi connectivity index (χ3v) is 6.14. The second kappa shape index (κ2) is 9.92. The van der Waals surface area contributed by atoms with Gasteiger partial charge in [-0.2, -0.15) is 0 Å². The van der Waals surface area contributed by atoms with Crippen LogP contribution in [0.4, 0.5) is 5.69 Å². The van der Waals surface area contributed by atoms with Crippen LogP contribution in [-0.2, 0) is 4.79 Å². The van der Waals surface area contributed by atoms with Gasteiger partial charge in [0.05, 0.1) is 29.5 Å². The maximum Gasteiger partial charge on any atom is 0.266 e. The lowest BCUT2D eigenvalue weighted by molar-refractivity contribution is -0.116. The fraction of sp³-hybridized carbons (Fsp3) is 0.192. The third kappa shape index (κ3) is 4.78. The van der Waals surface area contributed by atoms with E-state index in [9.17, 15) is 9.59 Å². The molecule has 0 aliphatic carbocycles. The van der Waals surface area contributed by atoms with Gasteiger partial charge in [0.2, 0.25) is 5.91 Å². The molecule has 3 aromatic carbocycles. The number of aromatic nitrogens is 2. The average Bonchev–Trinajstić information content (AvgIpc) is 2.83. The van der Waals surface area contributed by atoms with Crippen LogP contribution in [0.1, 0.15) is 13.8 Å². The summed E-state index contributed by atoms with van der Waals surface area (Å²) in [5.74, 6) is 0.791. The number of rotatable bonds is 7. The molecule has 0 spiro atoms. The summed E-state index contributed by atoms with van der Waals surface area (Å²) in [6, 6.07) is 24.1. The number of benzene rings is 3. The quantitative estimate of drug-likeness (QED) is 0.290. The summed E-state index contributed by atoms with van der Waals surface area (Å²) < 4.78 is 6.80. The number of carbonyl (C=O) groups is 1. The Morgan fingerprint density at radius 2 is 1.67 bits per heavy atom. The second-order valence-corrected chi connectivity index (χ2v) is 8.67. The zero-order valence-corrected chi connectivity index (χ0v) is 19.6. The highest BCUT2D eigenvalue weighted by Crippen LogP contribution is 2.25. The number of anilines is 1. The van der Waals surface area contributed by atoms with Crippen molar-refractivity contribution in [3.05, 3.63) is 89.2 Å². The van der Waals surface area contributed by atoms with Crippen molar-refractivity contribution >= 4 is 34.3 Å². The van der Waals surface area contributed by atoms with Gasteiger partial charge >= 0.3 is 0 Å². The van der Waals surface area contributed by atoms with Gasteiger partial charge in [0.15, 0.2) is 5.16 Å². The summed E-state index contributed by atoms with van der Waals surface area (Å²) in [5.41, 5.74) is 1.94. The predicted molar refractivity (Wildman–Crippen MR) is 134 cm³/mol. The van der Waals surface area contributed by atoms with Gasteiger partial charge < -0.3 is 9.64 Å². The lowest BCUT2D eigenvalue weighted by atomic mass is 10.2. The molecule has 168 valence electrons. The van der Waals surface area contributed by atoms with Gasteiger partial charge in [0, 0.05) is 11.7 Å². The van der Waals surface area contributed by atoms with Crippen LogP contribution in [0.3, 0.4) is 0 Å². The Kier molecular flexibility index (Phi) is 6.79. The molecule has 0 radical (unpaired) electrons. The van der Waals surface area contributed by atoms with E-state index in [2.05, 4.69) is 0 Å². The zero-order chi connectivity index (χ0) is 23.4. The Balaban J connectivity index is 1.72. The summed E-state index contributed by atoms with van der Waals surface area (Å²) in [6.07, 6.45) is 0. The van der Waals surface area contributed by atoms with Crippen molar-refractivity contribution < 1.29 is 9.53 Å². The number of carbonyl (C=O) groups excluding carboxylic acids is 1. The highest BCUT2D eigenvalue weighted by Gasteiger charge is 2.21. The smallest absolute Gasteiger partial charge is 0.266 e. The van der Waals surface area contributed by atoms with Crippen LogP contribution in [0.2, 0.25) is 0 Å². The number of amides is 1. The number of nitrogens with zero attached hydrogens (tertiary/aromatic N) is 3. The topological polar surface area (TPSA) is 64.4 Å². The minimum atomic E-state index is -0.176. The summed E-state index contributed by atoms with van der Waals surface area (Å²) in [5, 5.41) is 0.992. The number of para-hydroxylation sites is 2. The molecular weight excluding hydrogens is 434 g/mol. The molecule has 0 saturated heterocycles. The van der Waals surface area contributed by atoms with Crippen LogP contribution in [0.5, 0.6) is 5.75 Å². The highest BCUT2D eigenvalue weighted by atomic mass is 32.2. The fourth-order valence-electron chi connectivity index (χ4n) is 3.68. The Labute approximate surface area is 196 Å². The van der Waals surface area contributed by atoms with Crippen molar-refractivity contribution in [3.8, 4) is 11.4 Å². The van der Waals surface area contributed by atoms with Crippen molar-refractivity contribution in [1.82, 2.24) is 9.55 Å². The normalized spacial score (nSPS) is 11.0. The first kappa shape index (κ1) is 22.6. The van der Waals surface area contributed by atoms with Gasteiger partial charge in [-0.3, -0.25) is 14.2 Å². The number of hydrogen-bond donors (Lipinski definition) is 0. The molecule has 7 heteroatoms. The van der Waals surface area contributed by atoms with E-state index in [1.54, 1.807) is 34.8 Å². The highest BCUT2D eigenvalue weighted by molar-refractivity contribution is 7.99. The molecule has 0 bridgehead atoms. The monoisotopic (exact) mass is 459 g/mol. The van der Waals surface area contributed by atoms with Gasteiger partial charge in [0.25, 0.3) is 5.56 Å². The molecule has 1 heterocycles. The average molecular weight is 460 g/mol. The minimum Gasteiger partial charge on any atom is -0.497 e. The van der Waals surface area contributed by atoms with E-state index in [4.69, 9.17) is 9.72 Å². The second-order valence-electron chi connectivity index (χ2n) is 7.73. The number of methoxy groups -OCH3 is 1. The van der Waals surface area contributed by atoms with Crippen LogP contribution in [0, 0.1) is 0 Å². The molecule has 0 unspecified atom stereocenters. The molecule has 0 N–H and O–H groups in total. The molecule has 0 aliphatic rings. The molecule has 33 heavy (non-hydrogen) atoms. The van der Waals surface area contributed by atoms with Crippen LogP contribution >= 0.6 is 11.8 Å². The fourth-order valence-corrected chi connectivity index (χ4v) is 4.55. The first-order chi connectivity index (χ1) is 16.0. The lowest BCUT2D eigenvalue weighted by Crippen LogP contribution is -2.38. The molecule has 1 amide bonds. The first-order valence-corrected chi connectivity index (χ1v) is 11.6. The summed E-state index contributed by atoms with van der Waals surface area (Å²) in [4.78, 5) is 33.1. The van der Waals surface area contributed by atoms with Crippen molar-refractivity contribution in [1.29, 1.82) is 0 Å². The molecular formula is C26H25N3O3S. The lowest BCUT2D eigenvalue weighted by Gasteiger charge is -2.27. The maximum absolute atomic E-state index is 13.4. The Bertz CT molecular complexity index is 1320. The van der Waals surface area contributed by atoms with Crippen LogP contribution < -0.4 is 15.2 Å². The predicted octanol–water partition coefficient (Wildman–Crippen LogP) is 4.93. The van der Waals surface area contributed by atoms with E-state index in [-0.39, 0.29) is 23.3 Å². The molecule has 4 aromatic rings. The largest absolute Gasteiger partial charge is 0.497 e. The van der Waals surface area contributed by atoms with E-state index in [1.807, 2.05) is 74.5 Å². The van der Waals surface area contributed by atoms with Gasteiger partial charge in [-0.1, -0.05) is 42.1 Å². The van der Waals surface area contributed by atoms with E-state index in [1.165, 1.54) is 11.8 Å². The zero-order valence-electron chi connectivity index (χ0n) is 18.8. The summed E-state index contributed by atoms with van der Waals surface area (Å²) in [6.45, 7) is 3.97. The molecule has 0 fully saturated rings. The SMILES string of the molecule is COc1ccc(-n2c(SCC(=O)N(c3ccccc3)C(C)C)nc3ccccc3c2=O)cc1. The van der Waals surface area contributed by atoms with E-state index < -0.39 is 0 Å². The minimum absolute atomic E-state index is 0.00570. The third-order valence-electron chi connectivity index (χ3n) is 5.22. The van der Waals surface area contributed by atoms with Crippen molar-refractivity contribution in [3.63, 3.8) is 0 Å². The van der Waals surface area contributed by atoms with Crippen LogP contribution in [0.15, 0.2) is 88.8 Å². The molecule has 1 aromatic heterocycles. The van der Waals surface area contributed by atoms with Crippen LogP contribution in [-0.4, -0.2) is 34.4 Å². The Morgan fingerprint density at radius 3 is 2.33 bits per heavy atom. The number of fused-ring (bicyclic) bond motifs is 1. The molecule has 4 rings (SSSR count). The molecule has 6 nitrogen and oxygen atoms in total. The summed E-state index contributed by atoms with van der Waals surface area (Å²) in [7, 11) is 1.60. The van der Waals surface area contributed by atoms with Gasteiger partial charge in [-0.05, 0) is 62.4 Å². The Morgan fingerprint density at radius 1 is 1.00 bits per heavy atom.